The van der Waals surface area contributed by atoms with Crippen LogP contribution < -0.4 is 10.1 Å². The van der Waals surface area contributed by atoms with Crippen molar-refractivity contribution in [3.63, 3.8) is 0 Å². The smallest absolute Gasteiger partial charge is 0.146 e. The summed E-state index contributed by atoms with van der Waals surface area (Å²) in [5.41, 5.74) is 16.4. The lowest BCUT2D eigenvalue weighted by Crippen LogP contribution is -2.36. The maximum absolute atomic E-state index is 7.14. The molecule has 0 amide bonds. The monoisotopic (exact) mass is 732 g/mol. The number of rotatable bonds is 4. The minimum absolute atomic E-state index is 0.368. The highest BCUT2D eigenvalue weighted by atomic mass is 16.5. The lowest BCUT2D eigenvalue weighted by atomic mass is 9.63. The van der Waals surface area contributed by atoms with Crippen molar-refractivity contribution in [3.8, 4) is 16.9 Å². The van der Waals surface area contributed by atoms with Crippen LogP contribution in [0.3, 0.4) is 0 Å². The summed E-state index contributed by atoms with van der Waals surface area (Å²) in [6, 6.07) is 60.5. The molecular formula is C53H36N2O2. The van der Waals surface area contributed by atoms with Crippen LogP contribution in [0.2, 0.25) is 0 Å². The number of para-hydroxylation sites is 2. The van der Waals surface area contributed by atoms with E-state index in [1.54, 1.807) is 0 Å². The first-order valence-electron chi connectivity index (χ1n) is 19.8. The van der Waals surface area contributed by atoms with Gasteiger partial charge in [0.25, 0.3) is 0 Å². The largest absolute Gasteiger partial charge is 0.456 e. The van der Waals surface area contributed by atoms with Gasteiger partial charge in [-0.3, -0.25) is 4.99 Å². The van der Waals surface area contributed by atoms with Crippen LogP contribution in [0.4, 0.5) is 0 Å². The molecule has 12 rings (SSSR count). The van der Waals surface area contributed by atoms with Gasteiger partial charge in [-0.1, -0.05) is 152 Å². The van der Waals surface area contributed by atoms with Gasteiger partial charge in [0.2, 0.25) is 0 Å². The predicted octanol–water partition coefficient (Wildman–Crippen LogP) is 12.6. The Hall–Kier alpha value is -7.17. The normalized spacial score (nSPS) is 17.5. The number of ether oxygens (including phenoxy) is 1. The van der Waals surface area contributed by atoms with Crippen molar-refractivity contribution < 1.29 is 9.15 Å². The minimum Gasteiger partial charge on any atom is -0.456 e. The molecule has 0 radical (unpaired) electrons. The van der Waals surface area contributed by atoms with Gasteiger partial charge in [0.05, 0.1) is 11.1 Å². The Balaban J connectivity index is 1.03. The van der Waals surface area contributed by atoms with E-state index in [0.29, 0.717) is 0 Å². The number of furan rings is 1. The number of hydrogen-bond donors (Lipinski definition) is 1. The maximum atomic E-state index is 7.14. The maximum Gasteiger partial charge on any atom is 0.146 e. The molecule has 2 aliphatic carbocycles. The summed E-state index contributed by atoms with van der Waals surface area (Å²) < 4.78 is 13.5. The average molecular weight is 733 g/mol. The van der Waals surface area contributed by atoms with Crippen molar-refractivity contribution in [2.75, 3.05) is 0 Å². The molecule has 1 unspecified atom stereocenters. The van der Waals surface area contributed by atoms with Crippen molar-refractivity contribution in [2.45, 2.75) is 24.4 Å². The van der Waals surface area contributed by atoms with Crippen LogP contribution in [-0.4, -0.2) is 5.71 Å². The van der Waals surface area contributed by atoms with E-state index in [1.165, 1.54) is 33.4 Å². The Bertz CT molecular complexity index is 3040. The highest BCUT2D eigenvalue weighted by Gasteiger charge is 2.52. The molecule has 8 aromatic rings. The van der Waals surface area contributed by atoms with Gasteiger partial charge in [-0.05, 0) is 82.1 Å². The molecule has 2 aliphatic heterocycles. The second kappa shape index (κ2) is 12.4. The van der Waals surface area contributed by atoms with E-state index < -0.39 is 5.41 Å². The molecule has 0 saturated carbocycles. The molecule has 1 atom stereocenters. The second-order valence-corrected chi connectivity index (χ2v) is 15.3. The Kier molecular flexibility index (Phi) is 7.00. The van der Waals surface area contributed by atoms with Crippen molar-refractivity contribution in [1.82, 2.24) is 5.32 Å². The first kappa shape index (κ1) is 32.1. The van der Waals surface area contributed by atoms with Crippen LogP contribution in [0.15, 0.2) is 203 Å². The van der Waals surface area contributed by atoms with E-state index in [9.17, 15) is 0 Å². The van der Waals surface area contributed by atoms with Crippen LogP contribution in [-0.2, 0) is 5.41 Å². The molecule has 4 aliphatic rings. The van der Waals surface area contributed by atoms with Crippen LogP contribution >= 0.6 is 0 Å². The molecule has 7 aromatic carbocycles. The van der Waals surface area contributed by atoms with E-state index >= 15 is 0 Å². The van der Waals surface area contributed by atoms with Crippen LogP contribution in [0.1, 0.15) is 58.0 Å². The average Bonchev–Trinajstić information content (AvgIpc) is 3.80. The number of nitrogens with one attached hydrogen (secondary N) is 1. The van der Waals surface area contributed by atoms with Crippen LogP contribution in [0, 0.1) is 0 Å². The number of hydrogen-bond acceptors (Lipinski definition) is 4. The highest BCUT2D eigenvalue weighted by molar-refractivity contribution is 6.15. The van der Waals surface area contributed by atoms with Crippen molar-refractivity contribution in [1.29, 1.82) is 0 Å². The third-order valence-electron chi connectivity index (χ3n) is 12.3. The van der Waals surface area contributed by atoms with E-state index in [4.69, 9.17) is 14.1 Å². The Morgan fingerprint density at radius 3 is 2.07 bits per heavy atom. The summed E-state index contributed by atoms with van der Waals surface area (Å²) in [5.74, 6) is 1.85. The Labute approximate surface area is 330 Å². The van der Waals surface area contributed by atoms with Crippen molar-refractivity contribution in [2.24, 2.45) is 4.99 Å². The van der Waals surface area contributed by atoms with Gasteiger partial charge in [0.1, 0.15) is 28.8 Å². The Morgan fingerprint density at radius 2 is 1.25 bits per heavy atom. The highest BCUT2D eigenvalue weighted by Crippen LogP contribution is 2.63. The summed E-state index contributed by atoms with van der Waals surface area (Å²) in [7, 11) is 0. The fourth-order valence-electron chi connectivity index (χ4n) is 9.91. The van der Waals surface area contributed by atoms with Gasteiger partial charge in [-0.2, -0.15) is 0 Å². The molecule has 270 valence electrons. The van der Waals surface area contributed by atoms with E-state index in [0.717, 1.165) is 85.5 Å². The van der Waals surface area contributed by atoms with Gasteiger partial charge >= 0.3 is 0 Å². The van der Waals surface area contributed by atoms with E-state index in [1.807, 2.05) is 12.1 Å². The number of aliphatic imine (C=N–C) groups is 1. The van der Waals surface area contributed by atoms with Crippen molar-refractivity contribution in [3.05, 3.63) is 232 Å². The van der Waals surface area contributed by atoms with Gasteiger partial charge in [-0.15, -0.1) is 0 Å². The lowest BCUT2D eigenvalue weighted by molar-refractivity contribution is 0.393. The Morgan fingerprint density at radius 1 is 0.579 bits per heavy atom. The third-order valence-corrected chi connectivity index (χ3v) is 12.3. The number of nitrogens with zero attached hydrogens (tertiary/aromatic N) is 1. The van der Waals surface area contributed by atoms with Gasteiger partial charge in [-0.25, -0.2) is 0 Å². The van der Waals surface area contributed by atoms with Gasteiger partial charge in [0.15, 0.2) is 0 Å². The molecule has 0 saturated heterocycles. The zero-order valence-electron chi connectivity index (χ0n) is 31.1. The third kappa shape index (κ3) is 4.71. The van der Waals surface area contributed by atoms with Crippen LogP contribution in [0.5, 0.6) is 5.75 Å². The van der Waals surface area contributed by atoms with Crippen LogP contribution in [0.25, 0.3) is 44.3 Å². The molecule has 4 heteroatoms. The summed E-state index contributed by atoms with van der Waals surface area (Å²) in [6.07, 6.45) is 5.97. The van der Waals surface area contributed by atoms with Crippen molar-refractivity contribution >= 4 is 38.9 Å². The summed E-state index contributed by atoms with van der Waals surface area (Å²) >= 11 is 0. The second-order valence-electron chi connectivity index (χ2n) is 15.3. The first-order valence-corrected chi connectivity index (χ1v) is 19.8. The quantitative estimate of drug-likeness (QED) is 0.196. The molecule has 1 spiro atoms. The number of allylic oxidation sites excluding steroid dienone is 4. The molecule has 57 heavy (non-hydrogen) atoms. The van der Waals surface area contributed by atoms with Gasteiger partial charge < -0.3 is 14.5 Å². The number of benzene rings is 7. The fourth-order valence-corrected chi connectivity index (χ4v) is 9.91. The van der Waals surface area contributed by atoms with E-state index in [2.05, 4.69) is 175 Å². The SMILES string of the molecule is C1=C(c2ccccc2)NC(c2ccccc2C2=CCCC3=C2Oc2ccccc2C32c3ccccc3-c3ccccc32)N=C1c1ccc2c(c1)oc1ccccc12. The topological polar surface area (TPSA) is 46.8 Å². The summed E-state index contributed by atoms with van der Waals surface area (Å²) in [5, 5.41) is 6.07. The number of fused-ring (bicyclic) bond motifs is 11. The molecule has 1 aromatic heterocycles. The standard InChI is InChI=1S/C53H36N2O2/c1-2-15-33(16-3-1)46-32-47(34-29-30-39-38-20-8-12-27-48(38)56-50(39)31-34)55-52(54-46)41-21-5-4-17-35(41)40-22-14-26-45-51(40)57-49-28-13-11-25-44(49)53(45)42-23-9-6-18-36(42)37-19-7-10-24-43(37)53/h1-13,15-25,27-32,52,54H,14,26H2. The molecule has 0 fully saturated rings. The molecule has 1 N–H and O–H groups in total. The zero-order chi connectivity index (χ0) is 37.5. The first-order chi connectivity index (χ1) is 28.3. The fraction of sp³-hybridized carbons (Fsp3) is 0.0755. The molecule has 3 heterocycles. The molecule has 4 nitrogen and oxygen atoms in total. The molecule has 0 bridgehead atoms. The van der Waals surface area contributed by atoms with Gasteiger partial charge in [0, 0.05) is 38.7 Å². The van der Waals surface area contributed by atoms with E-state index in [-0.39, 0.29) is 6.17 Å². The zero-order valence-corrected chi connectivity index (χ0v) is 31.1. The summed E-state index contributed by atoms with van der Waals surface area (Å²) in [6.45, 7) is 0. The summed E-state index contributed by atoms with van der Waals surface area (Å²) in [4.78, 5) is 5.49. The minimum atomic E-state index is -0.460. The molecular weight excluding hydrogens is 697 g/mol. The predicted molar refractivity (Wildman–Crippen MR) is 230 cm³/mol. The lowest BCUT2D eigenvalue weighted by Gasteiger charge is -2.43.